The average molecular weight is 311 g/mol. The van der Waals surface area contributed by atoms with Gasteiger partial charge in [-0.1, -0.05) is 13.8 Å². The number of urea groups is 1. The zero-order valence-corrected chi connectivity index (χ0v) is 13.8. The van der Waals surface area contributed by atoms with Gasteiger partial charge < -0.3 is 15.0 Å². The topological polar surface area (TPSA) is 79.0 Å². The van der Waals surface area contributed by atoms with E-state index in [-0.39, 0.29) is 18.4 Å². The van der Waals surface area contributed by atoms with Gasteiger partial charge in [-0.15, -0.1) is 0 Å². The van der Waals surface area contributed by atoms with Crippen molar-refractivity contribution in [3.8, 4) is 0 Å². The number of nitrogens with one attached hydrogen (secondary N) is 1. The third kappa shape index (κ3) is 2.69. The van der Waals surface area contributed by atoms with Crippen LogP contribution < -0.4 is 5.32 Å². The van der Waals surface area contributed by atoms with Gasteiger partial charge in [0, 0.05) is 6.54 Å². The molecule has 2 aliphatic rings. The molecule has 7 heteroatoms. The number of hydrogen-bond donors (Lipinski definition) is 1. The molecule has 2 heterocycles. The summed E-state index contributed by atoms with van der Waals surface area (Å²) in [7, 11) is 0. The summed E-state index contributed by atoms with van der Waals surface area (Å²) in [5, 5.41) is 2.74. The maximum atomic E-state index is 12.5. The number of carbonyl (C=O) groups excluding carboxylic acids is 3. The molecule has 0 atom stereocenters. The summed E-state index contributed by atoms with van der Waals surface area (Å²) in [6.07, 6.45) is 1.03. The van der Waals surface area contributed by atoms with E-state index in [0.717, 1.165) is 4.90 Å². The second-order valence-corrected chi connectivity index (χ2v) is 6.52. The van der Waals surface area contributed by atoms with E-state index in [1.165, 1.54) is 0 Å². The number of imide groups is 1. The lowest BCUT2D eigenvalue weighted by molar-refractivity contribution is -0.149. The highest BCUT2D eigenvalue weighted by Crippen LogP contribution is 2.26. The first-order chi connectivity index (χ1) is 10.3. The van der Waals surface area contributed by atoms with Crippen LogP contribution >= 0.6 is 0 Å². The van der Waals surface area contributed by atoms with Gasteiger partial charge in [0.2, 0.25) is 5.91 Å². The standard InChI is InChI=1S/C15H25N3O4/c1-5-15(6-2)12(20)17(13(21)16-15)9-11(19)18-7-8-22-10-14(18,3)4/h5-10H2,1-4H3,(H,16,21). The van der Waals surface area contributed by atoms with Crippen molar-refractivity contribution in [2.75, 3.05) is 26.3 Å². The van der Waals surface area contributed by atoms with Gasteiger partial charge >= 0.3 is 6.03 Å². The lowest BCUT2D eigenvalue weighted by atomic mass is 9.93. The second-order valence-electron chi connectivity index (χ2n) is 6.52. The van der Waals surface area contributed by atoms with Crippen LogP contribution in [0.5, 0.6) is 0 Å². The summed E-state index contributed by atoms with van der Waals surface area (Å²) < 4.78 is 5.39. The monoisotopic (exact) mass is 311 g/mol. The minimum absolute atomic E-state index is 0.212. The van der Waals surface area contributed by atoms with Gasteiger partial charge in [-0.3, -0.25) is 14.5 Å². The van der Waals surface area contributed by atoms with Crippen LogP contribution in [0, 0.1) is 0 Å². The molecule has 0 radical (unpaired) electrons. The Balaban J connectivity index is 2.12. The Morgan fingerprint density at radius 2 is 1.91 bits per heavy atom. The van der Waals surface area contributed by atoms with Crippen LogP contribution in [-0.4, -0.2) is 65.0 Å². The zero-order chi connectivity index (χ0) is 16.5. The lowest BCUT2D eigenvalue weighted by Crippen LogP contribution is -2.58. The molecule has 0 spiro atoms. The third-order valence-electron chi connectivity index (χ3n) is 4.69. The Hall–Kier alpha value is -1.63. The molecule has 1 N–H and O–H groups in total. The SMILES string of the molecule is CCC1(CC)NC(=O)N(CC(=O)N2CCOCC2(C)C)C1=O. The fourth-order valence-corrected chi connectivity index (χ4v) is 3.09. The van der Waals surface area contributed by atoms with Gasteiger partial charge in [0.1, 0.15) is 12.1 Å². The minimum Gasteiger partial charge on any atom is -0.377 e. The molecule has 124 valence electrons. The van der Waals surface area contributed by atoms with Gasteiger partial charge in [-0.2, -0.15) is 0 Å². The van der Waals surface area contributed by atoms with Crippen molar-refractivity contribution in [3.63, 3.8) is 0 Å². The van der Waals surface area contributed by atoms with Crippen molar-refractivity contribution < 1.29 is 19.1 Å². The highest BCUT2D eigenvalue weighted by molar-refractivity contribution is 6.09. The first-order valence-electron chi connectivity index (χ1n) is 7.80. The molecule has 0 aromatic rings. The predicted octanol–water partition coefficient (Wildman–Crippen LogP) is 0.734. The molecule has 0 aromatic heterocycles. The molecular weight excluding hydrogens is 286 g/mol. The average Bonchev–Trinajstić information content (AvgIpc) is 2.71. The van der Waals surface area contributed by atoms with Crippen LogP contribution in [0.15, 0.2) is 0 Å². The highest BCUT2D eigenvalue weighted by atomic mass is 16.5. The first kappa shape index (κ1) is 16.7. The molecule has 0 saturated carbocycles. The van der Waals surface area contributed by atoms with Gasteiger partial charge in [0.25, 0.3) is 5.91 Å². The van der Waals surface area contributed by atoms with Crippen LogP contribution in [0.3, 0.4) is 0 Å². The normalized spacial score (nSPS) is 23.6. The molecule has 0 bridgehead atoms. The Labute approximate surface area is 131 Å². The summed E-state index contributed by atoms with van der Waals surface area (Å²) in [5.74, 6) is -0.526. The Morgan fingerprint density at radius 3 is 2.41 bits per heavy atom. The quantitative estimate of drug-likeness (QED) is 0.777. The molecule has 0 aromatic carbocycles. The van der Waals surface area contributed by atoms with Crippen molar-refractivity contribution in [3.05, 3.63) is 0 Å². The number of morpholine rings is 1. The van der Waals surface area contributed by atoms with E-state index >= 15 is 0 Å². The van der Waals surface area contributed by atoms with Crippen molar-refractivity contribution in [2.24, 2.45) is 0 Å². The van der Waals surface area contributed by atoms with Gasteiger partial charge in [-0.05, 0) is 26.7 Å². The Morgan fingerprint density at radius 1 is 1.27 bits per heavy atom. The molecule has 2 rings (SSSR count). The fraction of sp³-hybridized carbons (Fsp3) is 0.800. The van der Waals surface area contributed by atoms with E-state index in [2.05, 4.69) is 5.32 Å². The minimum atomic E-state index is -0.863. The molecule has 7 nitrogen and oxygen atoms in total. The van der Waals surface area contributed by atoms with Crippen LogP contribution in [-0.2, 0) is 14.3 Å². The molecule has 0 unspecified atom stereocenters. The third-order valence-corrected chi connectivity index (χ3v) is 4.69. The number of hydrogen-bond acceptors (Lipinski definition) is 4. The number of ether oxygens (including phenoxy) is 1. The van der Waals surface area contributed by atoms with E-state index in [1.807, 2.05) is 27.7 Å². The number of nitrogens with zero attached hydrogens (tertiary/aromatic N) is 2. The van der Waals surface area contributed by atoms with E-state index in [0.29, 0.717) is 32.6 Å². The van der Waals surface area contributed by atoms with E-state index in [1.54, 1.807) is 4.90 Å². The largest absolute Gasteiger partial charge is 0.377 e. The lowest BCUT2D eigenvalue weighted by Gasteiger charge is -2.42. The predicted molar refractivity (Wildman–Crippen MR) is 80.2 cm³/mol. The molecule has 4 amide bonds. The summed E-state index contributed by atoms with van der Waals surface area (Å²) in [6, 6.07) is -0.479. The van der Waals surface area contributed by atoms with Gasteiger partial charge in [0.15, 0.2) is 0 Å². The van der Waals surface area contributed by atoms with Crippen molar-refractivity contribution in [1.29, 1.82) is 0 Å². The number of rotatable bonds is 4. The van der Waals surface area contributed by atoms with Gasteiger partial charge in [-0.25, -0.2) is 4.79 Å². The molecule has 2 aliphatic heterocycles. The highest BCUT2D eigenvalue weighted by Gasteiger charge is 2.50. The summed E-state index contributed by atoms with van der Waals surface area (Å²) in [4.78, 5) is 39.9. The second kappa shape index (κ2) is 5.87. The van der Waals surface area contributed by atoms with Gasteiger partial charge in [0.05, 0.1) is 18.8 Å². The van der Waals surface area contributed by atoms with E-state index in [4.69, 9.17) is 4.74 Å². The molecule has 2 saturated heterocycles. The molecular formula is C15H25N3O4. The maximum Gasteiger partial charge on any atom is 0.325 e. The smallest absolute Gasteiger partial charge is 0.325 e. The van der Waals surface area contributed by atoms with E-state index < -0.39 is 17.1 Å². The van der Waals surface area contributed by atoms with Crippen molar-refractivity contribution in [2.45, 2.75) is 51.6 Å². The summed E-state index contributed by atoms with van der Waals surface area (Å²) >= 11 is 0. The number of amides is 4. The van der Waals surface area contributed by atoms with Crippen LogP contribution in [0.25, 0.3) is 0 Å². The zero-order valence-electron chi connectivity index (χ0n) is 13.8. The molecule has 22 heavy (non-hydrogen) atoms. The number of carbonyl (C=O) groups is 3. The Bertz CT molecular complexity index is 485. The van der Waals surface area contributed by atoms with Crippen molar-refractivity contribution >= 4 is 17.8 Å². The molecule has 0 aliphatic carbocycles. The van der Waals surface area contributed by atoms with E-state index in [9.17, 15) is 14.4 Å². The van der Waals surface area contributed by atoms with Crippen molar-refractivity contribution in [1.82, 2.24) is 15.1 Å². The first-order valence-corrected chi connectivity index (χ1v) is 7.80. The fourth-order valence-electron chi connectivity index (χ4n) is 3.09. The summed E-state index contributed by atoms with van der Waals surface area (Å²) in [6.45, 7) is 8.74. The Kier molecular flexibility index (Phi) is 4.47. The van der Waals surface area contributed by atoms with Crippen LogP contribution in [0.2, 0.25) is 0 Å². The van der Waals surface area contributed by atoms with Crippen LogP contribution in [0.4, 0.5) is 4.79 Å². The summed E-state index contributed by atoms with van der Waals surface area (Å²) in [5.41, 5.74) is -1.29. The molecule has 2 fully saturated rings. The maximum absolute atomic E-state index is 12.5. The van der Waals surface area contributed by atoms with Crippen LogP contribution in [0.1, 0.15) is 40.5 Å².